The number of fused-ring (bicyclic) bond motifs is 1. The fraction of sp³-hybridized carbons (Fsp3) is 0.0714. The lowest BCUT2D eigenvalue weighted by atomic mass is 10.2. The second kappa shape index (κ2) is 4.72. The lowest BCUT2D eigenvalue weighted by Crippen LogP contribution is -1.99. The number of rotatable bonds is 2. The number of halogens is 1. The van der Waals surface area contributed by atoms with Crippen LogP contribution in [0.25, 0.3) is 16.7 Å². The summed E-state index contributed by atoms with van der Waals surface area (Å²) in [4.78, 5) is 11.2. The minimum atomic E-state index is -1.01. The molecule has 5 nitrogen and oxygen atoms in total. The van der Waals surface area contributed by atoms with Crippen molar-refractivity contribution in [2.45, 2.75) is 6.92 Å². The van der Waals surface area contributed by atoms with Gasteiger partial charge in [-0.1, -0.05) is 27.2 Å². The molecular formula is C14H10BrN3O2. The highest BCUT2D eigenvalue weighted by molar-refractivity contribution is 9.10. The Morgan fingerprint density at radius 1 is 1.30 bits per heavy atom. The average molecular weight is 332 g/mol. The Kier molecular flexibility index (Phi) is 3.02. The molecule has 3 rings (SSSR count). The van der Waals surface area contributed by atoms with Crippen LogP contribution in [0.2, 0.25) is 0 Å². The first-order valence-corrected chi connectivity index (χ1v) is 6.71. The lowest BCUT2D eigenvalue weighted by Gasteiger charge is -2.05. The number of hydrogen-bond donors (Lipinski definition) is 1. The van der Waals surface area contributed by atoms with Crippen LogP contribution in [0.3, 0.4) is 0 Å². The van der Waals surface area contributed by atoms with Gasteiger partial charge in [-0.3, -0.25) is 0 Å². The predicted octanol–water partition coefficient (Wildman–Crippen LogP) is 3.19. The molecule has 6 heteroatoms. The Morgan fingerprint density at radius 2 is 2.10 bits per heavy atom. The third-order valence-corrected chi connectivity index (χ3v) is 3.44. The standard InChI is InChI=1S/C14H10BrN3O2/c1-8-5-9(15)7-10(6-8)18-12-4-2-3-11(14(19)20)13(12)16-17-18/h2-7H,1H3,(H,19,20). The van der Waals surface area contributed by atoms with Crippen LogP contribution in [0.4, 0.5) is 0 Å². The number of carboxylic acids is 1. The van der Waals surface area contributed by atoms with Crippen LogP contribution < -0.4 is 0 Å². The molecule has 0 aliphatic carbocycles. The van der Waals surface area contributed by atoms with E-state index in [1.165, 1.54) is 6.07 Å². The van der Waals surface area contributed by atoms with Crippen molar-refractivity contribution < 1.29 is 9.90 Å². The first-order chi connectivity index (χ1) is 9.56. The third-order valence-electron chi connectivity index (χ3n) is 2.98. The highest BCUT2D eigenvalue weighted by atomic mass is 79.9. The molecule has 1 heterocycles. The second-order valence-electron chi connectivity index (χ2n) is 4.47. The van der Waals surface area contributed by atoms with Crippen LogP contribution in [0.5, 0.6) is 0 Å². The van der Waals surface area contributed by atoms with Crippen molar-refractivity contribution in [3.05, 3.63) is 52.0 Å². The first-order valence-electron chi connectivity index (χ1n) is 5.91. The van der Waals surface area contributed by atoms with E-state index in [9.17, 15) is 4.79 Å². The van der Waals surface area contributed by atoms with Crippen LogP contribution in [-0.2, 0) is 0 Å². The number of hydrogen-bond acceptors (Lipinski definition) is 3. The predicted molar refractivity (Wildman–Crippen MR) is 78.3 cm³/mol. The van der Waals surface area contributed by atoms with Crippen LogP contribution in [0.15, 0.2) is 40.9 Å². The number of nitrogens with zero attached hydrogens (tertiary/aromatic N) is 3. The van der Waals surface area contributed by atoms with Crippen molar-refractivity contribution in [3.63, 3.8) is 0 Å². The van der Waals surface area contributed by atoms with Crippen molar-refractivity contribution in [1.29, 1.82) is 0 Å². The van der Waals surface area contributed by atoms with Gasteiger partial charge in [0.25, 0.3) is 0 Å². The topological polar surface area (TPSA) is 68.0 Å². The van der Waals surface area contributed by atoms with E-state index in [-0.39, 0.29) is 5.56 Å². The quantitative estimate of drug-likeness (QED) is 0.783. The van der Waals surface area contributed by atoms with Gasteiger partial charge in [0.2, 0.25) is 0 Å². The molecule has 0 radical (unpaired) electrons. The Hall–Kier alpha value is -2.21. The van der Waals surface area contributed by atoms with Crippen molar-refractivity contribution in [3.8, 4) is 5.69 Å². The van der Waals surface area contributed by atoms with E-state index in [0.717, 1.165) is 15.7 Å². The van der Waals surface area contributed by atoms with E-state index < -0.39 is 5.97 Å². The lowest BCUT2D eigenvalue weighted by molar-refractivity contribution is 0.0699. The largest absolute Gasteiger partial charge is 0.478 e. The van der Waals surface area contributed by atoms with Gasteiger partial charge in [0, 0.05) is 4.47 Å². The molecule has 0 aliphatic rings. The van der Waals surface area contributed by atoms with E-state index in [2.05, 4.69) is 26.2 Å². The monoisotopic (exact) mass is 331 g/mol. The molecule has 0 fully saturated rings. The van der Waals surface area contributed by atoms with Gasteiger partial charge in [-0.2, -0.15) is 0 Å². The summed E-state index contributed by atoms with van der Waals surface area (Å²) in [6.45, 7) is 1.98. The Balaban J connectivity index is 2.28. The maximum atomic E-state index is 11.2. The summed E-state index contributed by atoms with van der Waals surface area (Å²) in [5.41, 5.74) is 3.12. The number of carboxylic acid groups (broad SMARTS) is 1. The molecule has 0 unspecified atom stereocenters. The molecule has 0 saturated carbocycles. The molecule has 1 N–H and O–H groups in total. The summed E-state index contributed by atoms with van der Waals surface area (Å²) in [6, 6.07) is 10.9. The van der Waals surface area contributed by atoms with Gasteiger partial charge in [0.1, 0.15) is 5.52 Å². The number of aryl methyl sites for hydroxylation is 1. The minimum Gasteiger partial charge on any atom is -0.478 e. The third kappa shape index (κ3) is 2.08. The highest BCUT2D eigenvalue weighted by Crippen LogP contribution is 2.23. The molecule has 0 spiro atoms. The molecule has 1 aromatic heterocycles. The molecule has 3 aromatic rings. The van der Waals surface area contributed by atoms with Crippen LogP contribution in [0, 0.1) is 6.92 Å². The van der Waals surface area contributed by atoms with Gasteiger partial charge in [-0.05, 0) is 42.8 Å². The molecule has 0 aliphatic heterocycles. The van der Waals surface area contributed by atoms with Gasteiger partial charge < -0.3 is 5.11 Å². The van der Waals surface area contributed by atoms with E-state index in [1.54, 1.807) is 16.8 Å². The maximum Gasteiger partial charge on any atom is 0.338 e. The van der Waals surface area contributed by atoms with Gasteiger partial charge in [0.05, 0.1) is 16.8 Å². The summed E-state index contributed by atoms with van der Waals surface area (Å²) >= 11 is 3.44. The van der Waals surface area contributed by atoms with E-state index >= 15 is 0 Å². The molecule has 20 heavy (non-hydrogen) atoms. The summed E-state index contributed by atoms with van der Waals surface area (Å²) < 4.78 is 2.57. The maximum absolute atomic E-state index is 11.2. The first kappa shape index (κ1) is 12.8. The van der Waals surface area contributed by atoms with Gasteiger partial charge in [0.15, 0.2) is 0 Å². The number of benzene rings is 2. The number of carbonyl (C=O) groups is 1. The molecule has 0 atom stereocenters. The zero-order valence-corrected chi connectivity index (χ0v) is 12.1. The minimum absolute atomic E-state index is 0.153. The van der Waals surface area contributed by atoms with E-state index in [0.29, 0.717) is 11.0 Å². The van der Waals surface area contributed by atoms with Crippen molar-refractivity contribution in [1.82, 2.24) is 15.0 Å². The summed E-state index contributed by atoms with van der Waals surface area (Å²) in [5.74, 6) is -1.01. The number of aromatic nitrogens is 3. The second-order valence-corrected chi connectivity index (χ2v) is 5.38. The Labute approximate surface area is 123 Å². The molecule has 100 valence electrons. The van der Waals surface area contributed by atoms with Gasteiger partial charge in [-0.15, -0.1) is 5.10 Å². The molecule has 0 bridgehead atoms. The highest BCUT2D eigenvalue weighted by Gasteiger charge is 2.14. The zero-order chi connectivity index (χ0) is 14.3. The van der Waals surface area contributed by atoms with Crippen LogP contribution in [0.1, 0.15) is 15.9 Å². The van der Waals surface area contributed by atoms with Crippen molar-refractivity contribution in [2.75, 3.05) is 0 Å². The molecule has 0 amide bonds. The molecular weight excluding hydrogens is 322 g/mol. The normalized spacial score (nSPS) is 10.9. The summed E-state index contributed by atoms with van der Waals surface area (Å²) in [5, 5.41) is 17.2. The fourth-order valence-electron chi connectivity index (χ4n) is 2.15. The molecule has 2 aromatic carbocycles. The summed E-state index contributed by atoms with van der Waals surface area (Å²) in [7, 11) is 0. The van der Waals surface area contributed by atoms with Crippen LogP contribution in [-0.4, -0.2) is 26.1 Å². The Bertz CT molecular complexity index is 806. The summed E-state index contributed by atoms with van der Waals surface area (Å²) in [6.07, 6.45) is 0. The average Bonchev–Trinajstić information content (AvgIpc) is 2.80. The smallest absolute Gasteiger partial charge is 0.338 e. The van der Waals surface area contributed by atoms with Gasteiger partial charge in [-0.25, -0.2) is 9.48 Å². The Morgan fingerprint density at radius 3 is 2.80 bits per heavy atom. The van der Waals surface area contributed by atoms with Crippen molar-refractivity contribution >= 4 is 32.9 Å². The SMILES string of the molecule is Cc1cc(Br)cc(-n2nnc3c(C(=O)O)cccc32)c1. The van der Waals surface area contributed by atoms with E-state index in [4.69, 9.17) is 5.11 Å². The van der Waals surface area contributed by atoms with Crippen molar-refractivity contribution in [2.24, 2.45) is 0 Å². The van der Waals surface area contributed by atoms with E-state index in [1.807, 2.05) is 25.1 Å². The number of aromatic carboxylic acids is 1. The fourth-order valence-corrected chi connectivity index (χ4v) is 2.74. The van der Waals surface area contributed by atoms with Gasteiger partial charge >= 0.3 is 5.97 Å². The zero-order valence-electron chi connectivity index (χ0n) is 10.5. The molecule has 0 saturated heterocycles. The van der Waals surface area contributed by atoms with Crippen LogP contribution >= 0.6 is 15.9 Å².